The van der Waals surface area contributed by atoms with Gasteiger partial charge < -0.3 is 10.4 Å². The van der Waals surface area contributed by atoms with Crippen molar-refractivity contribution in [1.82, 2.24) is 4.90 Å². The third-order valence-electron chi connectivity index (χ3n) is 3.98. The van der Waals surface area contributed by atoms with Crippen molar-refractivity contribution in [3.63, 3.8) is 0 Å². The van der Waals surface area contributed by atoms with E-state index in [-0.39, 0.29) is 12.5 Å². The number of hydrogen-bond acceptors (Lipinski definition) is 3. The van der Waals surface area contributed by atoms with Crippen molar-refractivity contribution >= 4 is 29.2 Å². The molecule has 1 amide bonds. The van der Waals surface area contributed by atoms with Crippen molar-refractivity contribution in [3.05, 3.63) is 28.8 Å². The van der Waals surface area contributed by atoms with Crippen LogP contribution in [0.1, 0.15) is 25.3 Å². The van der Waals surface area contributed by atoms with Gasteiger partial charge in [-0.25, -0.2) is 0 Å². The minimum absolute atomic E-state index is 0.0486. The Balaban J connectivity index is 2.03. The summed E-state index contributed by atoms with van der Waals surface area (Å²) in [6.45, 7) is 4.24. The molecule has 1 aromatic rings. The lowest BCUT2D eigenvalue weighted by atomic mass is 9.99. The maximum absolute atomic E-state index is 12.1. The predicted molar refractivity (Wildman–Crippen MR) is 81.7 cm³/mol. The highest BCUT2D eigenvalue weighted by atomic mass is 35.5. The maximum atomic E-state index is 12.1. The molecule has 114 valence electrons. The number of nitrogens with one attached hydrogen (secondary N) is 1. The van der Waals surface area contributed by atoms with Crippen LogP contribution in [0.5, 0.6) is 0 Å². The quantitative estimate of drug-likeness (QED) is 0.896. The van der Waals surface area contributed by atoms with Crippen LogP contribution < -0.4 is 5.32 Å². The molecule has 0 radical (unpaired) electrons. The van der Waals surface area contributed by atoms with E-state index in [0.29, 0.717) is 23.7 Å². The fraction of sp³-hybridized carbons (Fsp3) is 0.467. The van der Waals surface area contributed by atoms with E-state index in [1.54, 1.807) is 24.0 Å². The zero-order chi connectivity index (χ0) is 15.6. The molecule has 2 N–H and O–H groups in total. The Labute approximate surface area is 128 Å². The van der Waals surface area contributed by atoms with Crippen LogP contribution in [0, 0.1) is 6.92 Å². The molecule has 21 heavy (non-hydrogen) atoms. The number of aliphatic carboxylic acids is 1. The fourth-order valence-electron chi connectivity index (χ4n) is 2.60. The smallest absolute Gasteiger partial charge is 0.323 e. The molecule has 2 rings (SSSR count). The number of amides is 1. The second-order valence-electron chi connectivity index (χ2n) is 5.64. The molecule has 0 aliphatic carbocycles. The van der Waals surface area contributed by atoms with E-state index in [2.05, 4.69) is 5.32 Å². The number of nitrogens with zero attached hydrogens (tertiary/aromatic N) is 1. The second kappa shape index (κ2) is 6.03. The van der Waals surface area contributed by atoms with E-state index in [0.717, 1.165) is 12.0 Å². The minimum atomic E-state index is -0.964. The number of carbonyl (C=O) groups excluding carboxylic acids is 1. The predicted octanol–water partition coefficient (Wildman–Crippen LogP) is 2.53. The van der Waals surface area contributed by atoms with Gasteiger partial charge in [0.15, 0.2) is 0 Å². The Hall–Kier alpha value is -1.59. The second-order valence-corrected chi connectivity index (χ2v) is 6.04. The number of hydrogen-bond donors (Lipinski definition) is 2. The van der Waals surface area contributed by atoms with E-state index < -0.39 is 11.5 Å². The summed E-state index contributed by atoms with van der Waals surface area (Å²) in [5, 5.41) is 12.5. The van der Waals surface area contributed by atoms with Gasteiger partial charge in [-0.15, -0.1) is 0 Å². The number of carboxylic acids is 1. The van der Waals surface area contributed by atoms with Crippen LogP contribution in [-0.2, 0) is 9.59 Å². The van der Waals surface area contributed by atoms with Crippen molar-refractivity contribution in [2.45, 2.75) is 32.2 Å². The molecule has 1 aromatic carbocycles. The number of carbonyl (C=O) groups is 2. The van der Waals surface area contributed by atoms with E-state index >= 15 is 0 Å². The third kappa shape index (κ3) is 3.36. The van der Waals surface area contributed by atoms with Gasteiger partial charge in [0.1, 0.15) is 5.54 Å². The average Bonchev–Trinajstić information content (AvgIpc) is 2.76. The summed E-state index contributed by atoms with van der Waals surface area (Å²) in [6.07, 6.45) is 1.34. The van der Waals surface area contributed by atoms with E-state index in [9.17, 15) is 14.7 Å². The molecule has 0 aromatic heterocycles. The van der Waals surface area contributed by atoms with Crippen LogP contribution in [0.4, 0.5) is 5.69 Å². The van der Waals surface area contributed by atoms with Gasteiger partial charge in [0.05, 0.1) is 17.3 Å². The van der Waals surface area contributed by atoms with Crippen LogP contribution in [0.2, 0.25) is 5.02 Å². The number of rotatable bonds is 4. The van der Waals surface area contributed by atoms with Crippen molar-refractivity contribution in [2.24, 2.45) is 0 Å². The molecular formula is C15H19ClN2O3. The standard InChI is InChI=1S/C15H19ClN2O3/c1-10-4-5-12(11(16)8-10)17-13(19)9-18-7-3-6-15(18,2)14(20)21/h4-5,8H,3,6-7,9H2,1-2H3,(H,17,19)(H,20,21). The fourth-order valence-corrected chi connectivity index (χ4v) is 2.88. The highest BCUT2D eigenvalue weighted by Crippen LogP contribution is 2.29. The van der Waals surface area contributed by atoms with Gasteiger partial charge in [-0.1, -0.05) is 17.7 Å². The Morgan fingerprint density at radius 2 is 2.19 bits per heavy atom. The zero-order valence-electron chi connectivity index (χ0n) is 12.1. The molecule has 0 bridgehead atoms. The zero-order valence-corrected chi connectivity index (χ0v) is 12.9. The molecule has 0 saturated carbocycles. The average molecular weight is 311 g/mol. The topological polar surface area (TPSA) is 69.6 Å². The van der Waals surface area contributed by atoms with Gasteiger partial charge in [-0.3, -0.25) is 14.5 Å². The van der Waals surface area contributed by atoms with E-state index in [1.165, 1.54) is 0 Å². The van der Waals surface area contributed by atoms with Gasteiger partial charge in [0, 0.05) is 0 Å². The molecule has 1 saturated heterocycles. The van der Waals surface area contributed by atoms with Crippen LogP contribution in [0.3, 0.4) is 0 Å². The number of aryl methyl sites for hydroxylation is 1. The molecule has 6 heteroatoms. The number of benzene rings is 1. The van der Waals surface area contributed by atoms with Crippen molar-refractivity contribution in [3.8, 4) is 0 Å². The number of likely N-dealkylation sites (tertiary alicyclic amines) is 1. The largest absolute Gasteiger partial charge is 0.480 e. The van der Waals surface area contributed by atoms with Gasteiger partial charge in [-0.2, -0.15) is 0 Å². The molecule has 1 unspecified atom stereocenters. The number of halogens is 1. The Morgan fingerprint density at radius 3 is 2.81 bits per heavy atom. The monoisotopic (exact) mass is 310 g/mol. The first-order chi connectivity index (χ1) is 9.83. The van der Waals surface area contributed by atoms with Gasteiger partial charge in [0.25, 0.3) is 0 Å². The number of carboxylic acid groups (broad SMARTS) is 1. The third-order valence-corrected chi connectivity index (χ3v) is 4.30. The van der Waals surface area contributed by atoms with Crippen molar-refractivity contribution in [2.75, 3.05) is 18.4 Å². The van der Waals surface area contributed by atoms with Gasteiger partial charge in [-0.05, 0) is 50.9 Å². The summed E-state index contributed by atoms with van der Waals surface area (Å²) < 4.78 is 0. The van der Waals surface area contributed by atoms with Crippen molar-refractivity contribution in [1.29, 1.82) is 0 Å². The molecule has 5 nitrogen and oxygen atoms in total. The van der Waals surface area contributed by atoms with Crippen LogP contribution >= 0.6 is 11.6 Å². The first kappa shape index (κ1) is 15.8. The number of anilines is 1. The molecule has 1 atom stereocenters. The Morgan fingerprint density at radius 1 is 1.48 bits per heavy atom. The summed E-state index contributed by atoms with van der Waals surface area (Å²) in [5.74, 6) is -1.14. The molecule has 1 heterocycles. The summed E-state index contributed by atoms with van der Waals surface area (Å²) >= 11 is 6.07. The summed E-state index contributed by atoms with van der Waals surface area (Å²) in [4.78, 5) is 25.2. The molecule has 0 spiro atoms. The highest BCUT2D eigenvalue weighted by molar-refractivity contribution is 6.33. The maximum Gasteiger partial charge on any atom is 0.323 e. The Bertz CT molecular complexity index is 576. The molecule has 1 fully saturated rings. The van der Waals surface area contributed by atoms with E-state index in [4.69, 9.17) is 11.6 Å². The van der Waals surface area contributed by atoms with Gasteiger partial charge >= 0.3 is 5.97 Å². The van der Waals surface area contributed by atoms with E-state index in [1.807, 2.05) is 13.0 Å². The SMILES string of the molecule is Cc1ccc(NC(=O)CN2CCCC2(C)C(=O)O)c(Cl)c1. The van der Waals surface area contributed by atoms with Crippen LogP contribution in [0.25, 0.3) is 0 Å². The minimum Gasteiger partial charge on any atom is -0.480 e. The van der Waals surface area contributed by atoms with Crippen LogP contribution in [0.15, 0.2) is 18.2 Å². The summed E-state index contributed by atoms with van der Waals surface area (Å²) in [5.41, 5.74) is 0.591. The normalized spacial score (nSPS) is 22.2. The van der Waals surface area contributed by atoms with Crippen molar-refractivity contribution < 1.29 is 14.7 Å². The highest BCUT2D eigenvalue weighted by Gasteiger charge is 2.43. The Kier molecular flexibility index (Phi) is 4.54. The summed E-state index contributed by atoms with van der Waals surface area (Å²) in [7, 11) is 0. The molecule has 1 aliphatic rings. The molecule has 1 aliphatic heterocycles. The first-order valence-electron chi connectivity index (χ1n) is 6.87. The lowest BCUT2D eigenvalue weighted by Crippen LogP contribution is -2.50. The van der Waals surface area contributed by atoms with Crippen LogP contribution in [-0.4, -0.2) is 40.5 Å². The van der Waals surface area contributed by atoms with Gasteiger partial charge in [0.2, 0.25) is 5.91 Å². The first-order valence-corrected chi connectivity index (χ1v) is 7.25. The lowest BCUT2D eigenvalue weighted by Gasteiger charge is -2.30. The summed E-state index contributed by atoms with van der Waals surface area (Å²) in [6, 6.07) is 5.38. The lowest BCUT2D eigenvalue weighted by molar-refractivity contribution is -0.149. The molecular weight excluding hydrogens is 292 g/mol.